The van der Waals surface area contributed by atoms with Crippen molar-refractivity contribution >= 4 is 0 Å². The molecule has 2 heteroatoms. The van der Waals surface area contributed by atoms with Crippen LogP contribution < -0.4 is 0 Å². The molecule has 0 bridgehead atoms. The summed E-state index contributed by atoms with van der Waals surface area (Å²) < 4.78 is 18.5. The van der Waals surface area contributed by atoms with Gasteiger partial charge in [-0.2, -0.15) is 0 Å². The third-order valence-corrected chi connectivity index (χ3v) is 3.50. The van der Waals surface area contributed by atoms with Crippen molar-refractivity contribution in [1.82, 2.24) is 0 Å². The molecule has 1 nitrogen and oxygen atoms in total. The van der Waals surface area contributed by atoms with Crippen LogP contribution in [0.15, 0.2) is 42.5 Å². The predicted octanol–water partition coefficient (Wildman–Crippen LogP) is 4.13. The van der Waals surface area contributed by atoms with Crippen LogP contribution >= 0.6 is 0 Å². The second-order valence-electron chi connectivity index (χ2n) is 4.68. The van der Waals surface area contributed by atoms with E-state index in [1.807, 2.05) is 12.1 Å². The van der Waals surface area contributed by atoms with Crippen LogP contribution in [0.5, 0.6) is 0 Å². The quantitative estimate of drug-likeness (QED) is 0.730. The smallest absolute Gasteiger partial charge is 0.123 e. The maximum Gasteiger partial charge on any atom is 0.123 e. The Kier molecular flexibility index (Phi) is 2.88. The predicted molar refractivity (Wildman–Crippen MR) is 69.9 cm³/mol. The summed E-state index contributed by atoms with van der Waals surface area (Å²) in [6.07, 6.45) is 1.13. The summed E-state index contributed by atoms with van der Waals surface area (Å²) in [4.78, 5) is 0. The summed E-state index contributed by atoms with van der Waals surface area (Å²) in [6.45, 7) is 2.86. The van der Waals surface area contributed by atoms with Gasteiger partial charge in [0.05, 0.1) is 12.7 Å². The van der Waals surface area contributed by atoms with Crippen molar-refractivity contribution in [2.45, 2.75) is 19.4 Å². The largest absolute Gasteiger partial charge is 0.373 e. The lowest BCUT2D eigenvalue weighted by Crippen LogP contribution is -2.13. The molecule has 2 aromatic rings. The van der Waals surface area contributed by atoms with E-state index in [-0.39, 0.29) is 11.9 Å². The zero-order valence-corrected chi connectivity index (χ0v) is 10.3. The Morgan fingerprint density at radius 2 is 1.78 bits per heavy atom. The monoisotopic (exact) mass is 242 g/mol. The van der Waals surface area contributed by atoms with Gasteiger partial charge in [0.1, 0.15) is 5.82 Å². The number of hydrogen-bond acceptors (Lipinski definition) is 1. The van der Waals surface area contributed by atoms with Crippen molar-refractivity contribution in [3.8, 4) is 11.1 Å². The SMILES string of the molecule is CC1OCCc2cc(-c3ccc(F)cc3)ccc21. The highest BCUT2D eigenvalue weighted by molar-refractivity contribution is 5.65. The van der Waals surface area contributed by atoms with E-state index in [2.05, 4.69) is 25.1 Å². The normalized spacial score (nSPS) is 18.4. The van der Waals surface area contributed by atoms with Crippen LogP contribution in [0.2, 0.25) is 0 Å². The Hall–Kier alpha value is -1.67. The van der Waals surface area contributed by atoms with Gasteiger partial charge >= 0.3 is 0 Å². The van der Waals surface area contributed by atoms with Crippen LogP contribution in [-0.4, -0.2) is 6.61 Å². The maximum atomic E-state index is 12.9. The molecule has 92 valence electrons. The van der Waals surface area contributed by atoms with Gasteiger partial charge in [0, 0.05) is 0 Å². The summed E-state index contributed by atoms with van der Waals surface area (Å²) in [7, 11) is 0. The highest BCUT2D eigenvalue weighted by atomic mass is 19.1. The number of fused-ring (bicyclic) bond motifs is 1. The van der Waals surface area contributed by atoms with Crippen LogP contribution in [-0.2, 0) is 11.2 Å². The summed E-state index contributed by atoms with van der Waals surface area (Å²) in [5, 5.41) is 0. The van der Waals surface area contributed by atoms with Crippen LogP contribution in [0.25, 0.3) is 11.1 Å². The van der Waals surface area contributed by atoms with Crippen molar-refractivity contribution in [2.75, 3.05) is 6.61 Å². The van der Waals surface area contributed by atoms with Crippen LogP contribution in [0.3, 0.4) is 0 Å². The highest BCUT2D eigenvalue weighted by Gasteiger charge is 2.16. The van der Waals surface area contributed by atoms with Gasteiger partial charge in [-0.1, -0.05) is 30.3 Å². The molecule has 0 amide bonds. The molecule has 0 N–H and O–H groups in total. The molecule has 3 rings (SSSR count). The minimum atomic E-state index is -0.196. The maximum absolute atomic E-state index is 12.9. The first-order valence-corrected chi connectivity index (χ1v) is 6.24. The topological polar surface area (TPSA) is 9.23 Å². The van der Waals surface area contributed by atoms with E-state index in [0.717, 1.165) is 24.2 Å². The summed E-state index contributed by atoms with van der Waals surface area (Å²) in [6, 6.07) is 13.0. The molecule has 1 aliphatic heterocycles. The van der Waals surface area contributed by atoms with E-state index < -0.39 is 0 Å². The molecule has 0 radical (unpaired) electrons. The molecule has 1 heterocycles. The first-order valence-electron chi connectivity index (χ1n) is 6.24. The third kappa shape index (κ3) is 2.04. The first-order chi connectivity index (χ1) is 8.74. The fourth-order valence-electron chi connectivity index (χ4n) is 2.48. The molecular formula is C16H15FO. The summed E-state index contributed by atoms with van der Waals surface area (Å²) in [5.41, 5.74) is 4.81. The average molecular weight is 242 g/mol. The number of rotatable bonds is 1. The molecule has 0 saturated heterocycles. The Labute approximate surface area is 106 Å². The van der Waals surface area contributed by atoms with E-state index in [0.29, 0.717) is 0 Å². The first kappa shape index (κ1) is 11.4. The van der Waals surface area contributed by atoms with Gasteiger partial charge in [-0.15, -0.1) is 0 Å². The Balaban J connectivity index is 2.01. The zero-order chi connectivity index (χ0) is 12.5. The van der Waals surface area contributed by atoms with Gasteiger partial charge in [-0.25, -0.2) is 4.39 Å². The molecular weight excluding hydrogens is 227 g/mol. The molecule has 0 saturated carbocycles. The van der Waals surface area contributed by atoms with Crippen molar-refractivity contribution < 1.29 is 9.13 Å². The molecule has 0 fully saturated rings. The summed E-state index contributed by atoms with van der Waals surface area (Å²) >= 11 is 0. The number of benzene rings is 2. The van der Waals surface area contributed by atoms with Gasteiger partial charge in [0.2, 0.25) is 0 Å². The van der Waals surface area contributed by atoms with Gasteiger partial charge in [-0.05, 0) is 47.7 Å². The van der Waals surface area contributed by atoms with E-state index in [9.17, 15) is 4.39 Å². The Morgan fingerprint density at radius 3 is 2.56 bits per heavy atom. The minimum Gasteiger partial charge on any atom is -0.373 e. The molecule has 18 heavy (non-hydrogen) atoms. The molecule has 0 aromatic heterocycles. The Morgan fingerprint density at radius 1 is 1.06 bits per heavy atom. The van der Waals surface area contributed by atoms with Crippen molar-refractivity contribution in [1.29, 1.82) is 0 Å². The van der Waals surface area contributed by atoms with Crippen LogP contribution in [0, 0.1) is 5.82 Å². The second kappa shape index (κ2) is 4.54. The minimum absolute atomic E-state index is 0.177. The molecule has 0 spiro atoms. The van der Waals surface area contributed by atoms with E-state index in [1.54, 1.807) is 0 Å². The zero-order valence-electron chi connectivity index (χ0n) is 10.3. The lowest BCUT2D eigenvalue weighted by atomic mass is 9.94. The van der Waals surface area contributed by atoms with Crippen LogP contribution in [0.4, 0.5) is 4.39 Å². The lowest BCUT2D eigenvalue weighted by molar-refractivity contribution is 0.0555. The van der Waals surface area contributed by atoms with Gasteiger partial charge in [0.25, 0.3) is 0 Å². The third-order valence-electron chi connectivity index (χ3n) is 3.50. The lowest BCUT2D eigenvalue weighted by Gasteiger charge is -2.23. The van der Waals surface area contributed by atoms with Crippen molar-refractivity contribution in [2.24, 2.45) is 0 Å². The molecule has 1 atom stereocenters. The fraction of sp³-hybridized carbons (Fsp3) is 0.250. The molecule has 0 aliphatic carbocycles. The average Bonchev–Trinajstić information content (AvgIpc) is 2.39. The fourth-order valence-corrected chi connectivity index (χ4v) is 2.48. The summed E-state index contributed by atoms with van der Waals surface area (Å²) in [5.74, 6) is -0.196. The highest BCUT2D eigenvalue weighted by Crippen LogP contribution is 2.30. The molecule has 1 unspecified atom stereocenters. The number of ether oxygens (including phenoxy) is 1. The standard InChI is InChI=1S/C16H15FO/c1-11-16-7-4-13(10-14(16)8-9-18-11)12-2-5-15(17)6-3-12/h2-7,10-11H,8-9H2,1H3. The number of halogens is 1. The number of hydrogen-bond donors (Lipinski definition) is 0. The second-order valence-corrected chi connectivity index (χ2v) is 4.68. The van der Waals surface area contributed by atoms with Gasteiger partial charge in [-0.3, -0.25) is 0 Å². The van der Waals surface area contributed by atoms with Crippen LogP contribution in [0.1, 0.15) is 24.2 Å². The van der Waals surface area contributed by atoms with E-state index >= 15 is 0 Å². The van der Waals surface area contributed by atoms with Crippen molar-refractivity contribution in [3.05, 3.63) is 59.4 Å². The van der Waals surface area contributed by atoms with Crippen molar-refractivity contribution in [3.63, 3.8) is 0 Å². The van der Waals surface area contributed by atoms with Gasteiger partial charge < -0.3 is 4.74 Å². The van der Waals surface area contributed by atoms with E-state index in [1.165, 1.54) is 23.3 Å². The molecule has 1 aliphatic rings. The van der Waals surface area contributed by atoms with Gasteiger partial charge in [0.15, 0.2) is 0 Å². The molecule has 2 aromatic carbocycles. The Bertz CT molecular complexity index is 560. The van der Waals surface area contributed by atoms with E-state index in [4.69, 9.17) is 4.74 Å².